The number of hydrogen-bond donors (Lipinski definition) is 0. The van der Waals surface area contributed by atoms with Crippen molar-refractivity contribution in [3.8, 4) is 0 Å². The number of hydrogen-bond acceptors (Lipinski definition) is 4. The van der Waals surface area contributed by atoms with E-state index in [1.165, 1.54) is 0 Å². The first-order valence-corrected chi connectivity index (χ1v) is 9.16. The van der Waals surface area contributed by atoms with Gasteiger partial charge in [-0.05, 0) is 42.8 Å². The van der Waals surface area contributed by atoms with Crippen LogP contribution in [0.2, 0.25) is 0 Å². The minimum atomic E-state index is -1.38. The molecular formula is C20H25BrO4. The Labute approximate surface area is 158 Å². The maximum Gasteiger partial charge on any atom is 0.323 e. The minimum Gasteiger partial charge on any atom is -0.465 e. The third kappa shape index (κ3) is 6.16. The van der Waals surface area contributed by atoms with Gasteiger partial charge in [0.05, 0.1) is 13.2 Å². The standard InChI is InChI=1S/C20H25BrO4/c1-4-7-13-20(18(22)24-5-2,19(23)25-6-3)15-17(21)14-16-11-9-8-10-12-16/h4,8-12,14H,1,5-7,13,15H2,2-3H3/b17-14-. The molecule has 136 valence electrons. The molecule has 0 N–H and O–H groups in total. The van der Waals surface area contributed by atoms with Gasteiger partial charge in [-0.15, -0.1) is 6.58 Å². The van der Waals surface area contributed by atoms with E-state index in [1.807, 2.05) is 36.4 Å². The lowest BCUT2D eigenvalue weighted by molar-refractivity contribution is -0.172. The van der Waals surface area contributed by atoms with E-state index in [2.05, 4.69) is 22.5 Å². The van der Waals surface area contributed by atoms with Crippen molar-refractivity contribution in [3.05, 3.63) is 53.0 Å². The smallest absolute Gasteiger partial charge is 0.323 e. The third-order valence-corrected chi connectivity index (χ3v) is 4.21. The predicted octanol–water partition coefficient (Wildman–Crippen LogP) is 4.89. The van der Waals surface area contributed by atoms with Crippen LogP contribution in [0.15, 0.2) is 47.5 Å². The van der Waals surface area contributed by atoms with Crippen molar-refractivity contribution in [3.63, 3.8) is 0 Å². The van der Waals surface area contributed by atoms with Gasteiger partial charge in [0.2, 0.25) is 0 Å². The molecule has 0 heterocycles. The summed E-state index contributed by atoms with van der Waals surface area (Å²) < 4.78 is 11.1. The van der Waals surface area contributed by atoms with Crippen molar-refractivity contribution in [1.82, 2.24) is 0 Å². The molecule has 0 amide bonds. The van der Waals surface area contributed by atoms with E-state index in [0.29, 0.717) is 6.42 Å². The second-order valence-electron chi connectivity index (χ2n) is 5.53. The first-order valence-electron chi connectivity index (χ1n) is 8.36. The maximum absolute atomic E-state index is 12.7. The number of carbonyl (C=O) groups excluding carboxylic acids is 2. The molecule has 0 fully saturated rings. The molecule has 4 nitrogen and oxygen atoms in total. The minimum absolute atomic E-state index is 0.174. The van der Waals surface area contributed by atoms with Gasteiger partial charge in [-0.2, -0.15) is 0 Å². The normalized spacial score (nSPS) is 11.7. The molecule has 0 atom stereocenters. The monoisotopic (exact) mass is 408 g/mol. The van der Waals surface area contributed by atoms with Gasteiger partial charge < -0.3 is 9.47 Å². The van der Waals surface area contributed by atoms with Gasteiger partial charge in [0.15, 0.2) is 5.41 Å². The van der Waals surface area contributed by atoms with Crippen LogP contribution in [0.3, 0.4) is 0 Å². The number of rotatable bonds is 10. The van der Waals surface area contributed by atoms with Crippen molar-refractivity contribution >= 4 is 33.9 Å². The van der Waals surface area contributed by atoms with E-state index in [1.54, 1.807) is 19.9 Å². The highest BCUT2D eigenvalue weighted by atomic mass is 79.9. The molecule has 0 saturated heterocycles. The number of esters is 2. The van der Waals surface area contributed by atoms with Gasteiger partial charge in [0.25, 0.3) is 0 Å². The summed E-state index contributed by atoms with van der Waals surface area (Å²) in [6.45, 7) is 7.53. The Balaban J connectivity index is 3.21. The molecule has 25 heavy (non-hydrogen) atoms. The molecule has 0 radical (unpaired) electrons. The molecule has 0 spiro atoms. The molecule has 0 aliphatic rings. The molecule has 0 unspecified atom stereocenters. The summed E-state index contributed by atoms with van der Waals surface area (Å²) in [6, 6.07) is 9.67. The van der Waals surface area contributed by atoms with Crippen molar-refractivity contribution in [2.75, 3.05) is 13.2 Å². The van der Waals surface area contributed by atoms with Gasteiger partial charge >= 0.3 is 11.9 Å². The number of benzene rings is 1. The second kappa shape index (κ2) is 10.9. The molecule has 1 aromatic carbocycles. The van der Waals surface area contributed by atoms with Crippen LogP contribution in [0, 0.1) is 5.41 Å². The van der Waals surface area contributed by atoms with Crippen molar-refractivity contribution in [1.29, 1.82) is 0 Å². The van der Waals surface area contributed by atoms with Gasteiger partial charge in [-0.25, -0.2) is 0 Å². The predicted molar refractivity (Wildman–Crippen MR) is 103 cm³/mol. The summed E-state index contributed by atoms with van der Waals surface area (Å²) in [5.74, 6) is -1.12. The zero-order valence-electron chi connectivity index (χ0n) is 14.8. The van der Waals surface area contributed by atoms with Crippen LogP contribution in [-0.2, 0) is 19.1 Å². The van der Waals surface area contributed by atoms with Gasteiger partial charge in [0, 0.05) is 6.42 Å². The summed E-state index contributed by atoms with van der Waals surface area (Å²) in [6.07, 6.45) is 4.53. The van der Waals surface area contributed by atoms with Crippen molar-refractivity contribution < 1.29 is 19.1 Å². The summed E-state index contributed by atoms with van der Waals surface area (Å²) in [5.41, 5.74) is -0.413. The average molecular weight is 409 g/mol. The Morgan fingerprint density at radius 3 is 2.16 bits per heavy atom. The number of ether oxygens (including phenoxy) is 2. The summed E-state index contributed by atoms with van der Waals surface area (Å²) in [7, 11) is 0. The molecule has 0 bridgehead atoms. The lowest BCUT2D eigenvalue weighted by Gasteiger charge is -2.28. The summed E-state index contributed by atoms with van der Waals surface area (Å²) in [5, 5.41) is 0. The second-order valence-corrected chi connectivity index (χ2v) is 6.55. The Morgan fingerprint density at radius 1 is 1.12 bits per heavy atom. The van der Waals surface area contributed by atoms with E-state index in [-0.39, 0.29) is 26.1 Å². The molecular weight excluding hydrogens is 384 g/mol. The van der Waals surface area contributed by atoms with Gasteiger partial charge in [-0.3, -0.25) is 9.59 Å². The van der Waals surface area contributed by atoms with E-state index in [0.717, 1.165) is 10.0 Å². The number of allylic oxidation sites excluding steroid dienone is 2. The van der Waals surface area contributed by atoms with Gasteiger partial charge in [-0.1, -0.05) is 52.3 Å². The lowest BCUT2D eigenvalue weighted by atomic mass is 9.79. The molecule has 0 aliphatic carbocycles. The van der Waals surface area contributed by atoms with E-state index < -0.39 is 17.4 Å². The van der Waals surface area contributed by atoms with Crippen LogP contribution in [0.1, 0.15) is 38.7 Å². The molecule has 0 aliphatic heterocycles. The van der Waals surface area contributed by atoms with Crippen LogP contribution >= 0.6 is 15.9 Å². The van der Waals surface area contributed by atoms with E-state index >= 15 is 0 Å². The van der Waals surface area contributed by atoms with Crippen molar-refractivity contribution in [2.24, 2.45) is 5.41 Å². The van der Waals surface area contributed by atoms with Crippen LogP contribution in [0.25, 0.3) is 6.08 Å². The maximum atomic E-state index is 12.7. The van der Waals surface area contributed by atoms with E-state index in [9.17, 15) is 9.59 Å². The highest BCUT2D eigenvalue weighted by Gasteiger charge is 2.48. The summed E-state index contributed by atoms with van der Waals surface area (Å²) in [4.78, 5) is 25.3. The zero-order chi connectivity index (χ0) is 18.7. The number of carbonyl (C=O) groups is 2. The Bertz CT molecular complexity index is 589. The van der Waals surface area contributed by atoms with Crippen molar-refractivity contribution in [2.45, 2.75) is 33.1 Å². The largest absolute Gasteiger partial charge is 0.465 e. The fourth-order valence-corrected chi connectivity index (χ4v) is 3.22. The fourth-order valence-electron chi connectivity index (χ4n) is 2.48. The fraction of sp³-hybridized carbons (Fsp3) is 0.400. The highest BCUT2D eigenvalue weighted by molar-refractivity contribution is 9.11. The van der Waals surface area contributed by atoms with Crippen LogP contribution in [-0.4, -0.2) is 25.2 Å². The highest BCUT2D eigenvalue weighted by Crippen LogP contribution is 2.38. The summed E-state index contributed by atoms with van der Waals surface area (Å²) >= 11 is 3.50. The third-order valence-electron chi connectivity index (χ3n) is 3.70. The van der Waals surface area contributed by atoms with Crippen LogP contribution in [0.5, 0.6) is 0 Å². The molecule has 0 saturated carbocycles. The Morgan fingerprint density at radius 2 is 1.68 bits per heavy atom. The van der Waals surface area contributed by atoms with Crippen LogP contribution in [0.4, 0.5) is 0 Å². The van der Waals surface area contributed by atoms with Crippen LogP contribution < -0.4 is 0 Å². The quantitative estimate of drug-likeness (QED) is 0.314. The zero-order valence-corrected chi connectivity index (χ0v) is 16.4. The SMILES string of the molecule is C=CCCC(C/C(Br)=C/c1ccccc1)(C(=O)OCC)C(=O)OCC. The first kappa shape index (κ1) is 21.2. The molecule has 0 aromatic heterocycles. The Kier molecular flexibility index (Phi) is 9.21. The topological polar surface area (TPSA) is 52.6 Å². The first-order chi connectivity index (χ1) is 12.0. The van der Waals surface area contributed by atoms with Gasteiger partial charge in [0.1, 0.15) is 0 Å². The molecule has 1 aromatic rings. The lowest BCUT2D eigenvalue weighted by Crippen LogP contribution is -2.42. The Hall–Kier alpha value is -1.88. The average Bonchev–Trinajstić information content (AvgIpc) is 2.59. The number of halogens is 1. The van der Waals surface area contributed by atoms with E-state index in [4.69, 9.17) is 9.47 Å². The molecule has 5 heteroatoms. The molecule has 1 rings (SSSR count).